The standard InChI is InChI=1S/C12H18F2N2O2/c1-16-4-8-5-18-7-11(8,6-16)10(17)15-9-2-12(13,14)3-9/h8-9H,2-7H2,1H3,(H,15,17)/t8-,11-/m0/s1. The first kappa shape index (κ1) is 12.3. The van der Waals surface area contributed by atoms with Crippen molar-refractivity contribution in [1.29, 1.82) is 0 Å². The van der Waals surface area contributed by atoms with Crippen molar-refractivity contribution in [3.63, 3.8) is 0 Å². The first-order chi connectivity index (χ1) is 8.41. The zero-order valence-electron chi connectivity index (χ0n) is 10.4. The van der Waals surface area contributed by atoms with Crippen molar-refractivity contribution in [1.82, 2.24) is 10.2 Å². The van der Waals surface area contributed by atoms with E-state index in [1.807, 2.05) is 7.05 Å². The van der Waals surface area contributed by atoms with E-state index >= 15 is 0 Å². The Kier molecular flexibility index (Phi) is 2.64. The maximum atomic E-state index is 12.8. The maximum Gasteiger partial charge on any atom is 0.252 e. The third kappa shape index (κ3) is 1.82. The molecule has 2 atom stereocenters. The molecule has 2 aliphatic heterocycles. The van der Waals surface area contributed by atoms with E-state index in [0.717, 1.165) is 6.54 Å². The summed E-state index contributed by atoms with van der Waals surface area (Å²) in [7, 11) is 1.98. The van der Waals surface area contributed by atoms with Gasteiger partial charge in [-0.25, -0.2) is 8.78 Å². The van der Waals surface area contributed by atoms with Crippen LogP contribution in [0.4, 0.5) is 8.78 Å². The van der Waals surface area contributed by atoms with Gasteiger partial charge in [0.1, 0.15) is 0 Å². The van der Waals surface area contributed by atoms with Crippen molar-refractivity contribution in [3.05, 3.63) is 0 Å². The average Bonchev–Trinajstić information content (AvgIpc) is 2.71. The van der Waals surface area contributed by atoms with E-state index in [1.165, 1.54) is 0 Å². The molecule has 102 valence electrons. The van der Waals surface area contributed by atoms with Gasteiger partial charge >= 0.3 is 0 Å². The van der Waals surface area contributed by atoms with Crippen LogP contribution < -0.4 is 5.32 Å². The Bertz CT molecular complexity index is 369. The summed E-state index contributed by atoms with van der Waals surface area (Å²) in [4.78, 5) is 14.5. The Hall–Kier alpha value is -0.750. The summed E-state index contributed by atoms with van der Waals surface area (Å²) < 4.78 is 30.9. The lowest BCUT2D eigenvalue weighted by Gasteiger charge is -2.37. The van der Waals surface area contributed by atoms with Gasteiger partial charge in [-0.05, 0) is 7.05 Å². The highest BCUT2D eigenvalue weighted by atomic mass is 19.3. The summed E-state index contributed by atoms with van der Waals surface area (Å²) in [5.74, 6) is -2.49. The molecule has 2 heterocycles. The predicted octanol–water partition coefficient (Wildman–Crippen LogP) is 0.478. The summed E-state index contributed by atoms with van der Waals surface area (Å²) in [6.07, 6.45) is -0.452. The lowest BCUT2D eigenvalue weighted by atomic mass is 9.79. The minimum atomic E-state index is -2.59. The summed E-state index contributed by atoms with van der Waals surface area (Å²) in [6, 6.07) is -0.367. The van der Waals surface area contributed by atoms with E-state index in [9.17, 15) is 13.6 Å². The van der Waals surface area contributed by atoms with E-state index in [0.29, 0.717) is 19.8 Å². The zero-order valence-corrected chi connectivity index (χ0v) is 10.4. The average molecular weight is 260 g/mol. The van der Waals surface area contributed by atoms with Crippen molar-refractivity contribution in [2.45, 2.75) is 24.8 Å². The molecule has 3 aliphatic rings. The van der Waals surface area contributed by atoms with Crippen LogP contribution in [0.1, 0.15) is 12.8 Å². The molecule has 4 nitrogen and oxygen atoms in total. The van der Waals surface area contributed by atoms with Gasteiger partial charge in [0.2, 0.25) is 5.91 Å². The van der Waals surface area contributed by atoms with E-state index in [1.54, 1.807) is 0 Å². The van der Waals surface area contributed by atoms with Crippen LogP contribution in [-0.4, -0.2) is 56.1 Å². The Labute approximate surface area is 105 Å². The van der Waals surface area contributed by atoms with E-state index in [4.69, 9.17) is 4.74 Å². The zero-order chi connectivity index (χ0) is 13.0. The lowest BCUT2D eigenvalue weighted by molar-refractivity contribution is -0.139. The molecule has 0 unspecified atom stereocenters. The molecule has 6 heteroatoms. The summed E-state index contributed by atoms with van der Waals surface area (Å²) in [5.41, 5.74) is -0.514. The number of amides is 1. The number of likely N-dealkylation sites (tertiary alicyclic amines) is 1. The molecule has 1 amide bonds. The summed E-state index contributed by atoms with van der Waals surface area (Å²) in [5, 5.41) is 2.77. The Morgan fingerprint density at radius 2 is 2.17 bits per heavy atom. The quantitative estimate of drug-likeness (QED) is 0.785. The summed E-state index contributed by atoms with van der Waals surface area (Å²) >= 11 is 0. The number of nitrogens with one attached hydrogen (secondary N) is 1. The van der Waals surface area contributed by atoms with Crippen LogP contribution in [-0.2, 0) is 9.53 Å². The molecule has 1 saturated carbocycles. The van der Waals surface area contributed by atoms with Gasteiger partial charge in [0.15, 0.2) is 0 Å². The van der Waals surface area contributed by atoms with Gasteiger partial charge in [-0.15, -0.1) is 0 Å². The number of ether oxygens (including phenoxy) is 1. The van der Waals surface area contributed by atoms with Crippen LogP contribution in [0.25, 0.3) is 0 Å². The molecule has 2 saturated heterocycles. The first-order valence-corrected chi connectivity index (χ1v) is 6.36. The Morgan fingerprint density at radius 1 is 1.44 bits per heavy atom. The molecule has 0 aromatic heterocycles. The number of nitrogens with zero attached hydrogens (tertiary/aromatic N) is 1. The molecule has 1 aliphatic carbocycles. The monoisotopic (exact) mass is 260 g/mol. The van der Waals surface area contributed by atoms with Gasteiger partial charge in [0, 0.05) is 37.9 Å². The molecule has 0 radical (unpaired) electrons. The fourth-order valence-corrected chi connectivity index (χ4v) is 3.40. The molecular formula is C12H18F2N2O2. The number of carbonyl (C=O) groups is 1. The van der Waals surface area contributed by atoms with Gasteiger partial charge in [0.05, 0.1) is 18.6 Å². The predicted molar refractivity (Wildman–Crippen MR) is 60.4 cm³/mol. The highest BCUT2D eigenvalue weighted by molar-refractivity contribution is 5.84. The van der Waals surface area contributed by atoms with Gasteiger partial charge in [-0.3, -0.25) is 4.79 Å². The molecular weight excluding hydrogens is 242 g/mol. The van der Waals surface area contributed by atoms with Crippen molar-refractivity contribution >= 4 is 5.91 Å². The second kappa shape index (κ2) is 3.87. The highest BCUT2D eigenvalue weighted by Gasteiger charge is 2.56. The fraction of sp³-hybridized carbons (Fsp3) is 0.917. The Morgan fingerprint density at radius 3 is 2.83 bits per heavy atom. The second-order valence-electron chi connectivity index (χ2n) is 6.00. The first-order valence-electron chi connectivity index (χ1n) is 6.36. The van der Waals surface area contributed by atoms with E-state index in [2.05, 4.69) is 10.2 Å². The fourth-order valence-electron chi connectivity index (χ4n) is 3.40. The Balaban J connectivity index is 1.65. The van der Waals surface area contributed by atoms with Crippen LogP contribution in [0.3, 0.4) is 0 Å². The third-order valence-electron chi connectivity index (χ3n) is 4.42. The van der Waals surface area contributed by atoms with Crippen LogP contribution in [0.5, 0.6) is 0 Å². The van der Waals surface area contributed by atoms with Crippen LogP contribution >= 0.6 is 0 Å². The second-order valence-corrected chi connectivity index (χ2v) is 6.00. The van der Waals surface area contributed by atoms with Gasteiger partial charge in [0.25, 0.3) is 5.92 Å². The van der Waals surface area contributed by atoms with Crippen LogP contribution in [0.15, 0.2) is 0 Å². The largest absolute Gasteiger partial charge is 0.380 e. The van der Waals surface area contributed by atoms with Gasteiger partial charge < -0.3 is 15.0 Å². The third-order valence-corrected chi connectivity index (χ3v) is 4.42. The van der Waals surface area contributed by atoms with Crippen molar-refractivity contribution in [2.24, 2.45) is 11.3 Å². The lowest BCUT2D eigenvalue weighted by Crippen LogP contribution is -2.56. The number of fused-ring (bicyclic) bond motifs is 1. The molecule has 18 heavy (non-hydrogen) atoms. The molecule has 3 rings (SSSR count). The molecule has 3 fully saturated rings. The van der Waals surface area contributed by atoms with Gasteiger partial charge in [-0.2, -0.15) is 0 Å². The number of carbonyl (C=O) groups excluding carboxylic acids is 1. The van der Waals surface area contributed by atoms with Crippen LogP contribution in [0, 0.1) is 11.3 Å². The number of alkyl halides is 2. The SMILES string of the molecule is CN1C[C@H]2COC[C@@]2(C(=O)NC2CC(F)(F)C2)C1. The summed E-state index contributed by atoms with van der Waals surface area (Å²) in [6.45, 7) is 2.51. The topological polar surface area (TPSA) is 41.6 Å². The number of halogens is 2. The van der Waals surface area contributed by atoms with Crippen molar-refractivity contribution < 1.29 is 18.3 Å². The molecule has 0 bridgehead atoms. The molecule has 0 aromatic rings. The maximum absolute atomic E-state index is 12.8. The van der Waals surface area contributed by atoms with Crippen LogP contribution in [0.2, 0.25) is 0 Å². The van der Waals surface area contributed by atoms with E-state index in [-0.39, 0.29) is 30.7 Å². The molecule has 0 aromatic carbocycles. The molecule has 0 spiro atoms. The number of hydrogen-bond acceptors (Lipinski definition) is 3. The highest BCUT2D eigenvalue weighted by Crippen LogP contribution is 2.42. The van der Waals surface area contributed by atoms with Crippen molar-refractivity contribution in [2.75, 3.05) is 33.4 Å². The van der Waals surface area contributed by atoms with E-state index < -0.39 is 11.3 Å². The number of hydrogen-bond donors (Lipinski definition) is 1. The smallest absolute Gasteiger partial charge is 0.252 e. The normalized spacial score (nSPS) is 39.4. The molecule has 1 N–H and O–H groups in total. The minimum absolute atomic E-state index is 0.102. The minimum Gasteiger partial charge on any atom is -0.380 e. The van der Waals surface area contributed by atoms with Crippen molar-refractivity contribution in [3.8, 4) is 0 Å². The number of rotatable bonds is 2. The van der Waals surface area contributed by atoms with Gasteiger partial charge in [-0.1, -0.05) is 0 Å².